The molecule has 1 N–H and O–H groups in total. The summed E-state index contributed by atoms with van der Waals surface area (Å²) in [6.45, 7) is 1.75. The van der Waals surface area contributed by atoms with E-state index in [-0.39, 0.29) is 5.91 Å². The highest BCUT2D eigenvalue weighted by Gasteiger charge is 2.02. The van der Waals surface area contributed by atoms with Crippen LogP contribution in [-0.2, 0) is 4.79 Å². The topological polar surface area (TPSA) is 68.3 Å². The summed E-state index contributed by atoms with van der Waals surface area (Å²) >= 11 is 0. The van der Waals surface area contributed by atoms with Gasteiger partial charge in [0.15, 0.2) is 5.82 Å². The van der Waals surface area contributed by atoms with Crippen molar-refractivity contribution < 1.29 is 13.7 Å². The minimum Gasteiger partial charge on any atom is -0.465 e. The molecule has 82 valence electrons. The molecule has 2 rings (SSSR count). The van der Waals surface area contributed by atoms with E-state index in [1.165, 1.54) is 6.08 Å². The molecule has 16 heavy (non-hydrogen) atoms. The van der Waals surface area contributed by atoms with Crippen LogP contribution in [0.2, 0.25) is 0 Å². The Kier molecular flexibility index (Phi) is 2.86. The number of furan rings is 1. The number of carbonyl (C=O) groups excluding carboxylic acids is 1. The van der Waals surface area contributed by atoms with Crippen molar-refractivity contribution in [2.45, 2.75) is 6.92 Å². The van der Waals surface area contributed by atoms with E-state index in [1.54, 1.807) is 37.5 Å². The van der Waals surface area contributed by atoms with Crippen molar-refractivity contribution in [2.75, 3.05) is 5.32 Å². The Morgan fingerprint density at radius 3 is 3.06 bits per heavy atom. The van der Waals surface area contributed by atoms with Gasteiger partial charge in [0.2, 0.25) is 5.91 Å². The lowest BCUT2D eigenvalue weighted by Gasteiger charge is -1.93. The lowest BCUT2D eigenvalue weighted by molar-refractivity contribution is -0.111. The summed E-state index contributed by atoms with van der Waals surface area (Å²) in [5.74, 6) is 1.37. The van der Waals surface area contributed by atoms with Crippen molar-refractivity contribution in [1.82, 2.24) is 5.16 Å². The first-order valence-corrected chi connectivity index (χ1v) is 4.70. The van der Waals surface area contributed by atoms with Crippen molar-refractivity contribution in [3.8, 4) is 0 Å². The summed E-state index contributed by atoms with van der Waals surface area (Å²) in [6, 6.07) is 5.14. The number of carbonyl (C=O) groups is 1. The summed E-state index contributed by atoms with van der Waals surface area (Å²) in [7, 11) is 0. The number of hydrogen-bond acceptors (Lipinski definition) is 4. The molecule has 0 radical (unpaired) electrons. The lowest BCUT2D eigenvalue weighted by atomic mass is 10.4. The lowest BCUT2D eigenvalue weighted by Crippen LogP contribution is -2.07. The van der Waals surface area contributed by atoms with Crippen LogP contribution in [-0.4, -0.2) is 11.1 Å². The van der Waals surface area contributed by atoms with Gasteiger partial charge in [-0.15, -0.1) is 0 Å². The highest BCUT2D eigenvalue weighted by molar-refractivity contribution is 6.01. The zero-order valence-corrected chi connectivity index (χ0v) is 8.64. The second-order valence-electron chi connectivity index (χ2n) is 3.16. The van der Waals surface area contributed by atoms with Crippen molar-refractivity contribution in [3.63, 3.8) is 0 Å². The third-order valence-electron chi connectivity index (χ3n) is 1.82. The number of aromatic nitrogens is 1. The van der Waals surface area contributed by atoms with Crippen LogP contribution in [0.25, 0.3) is 6.08 Å². The molecule has 2 aromatic heterocycles. The summed E-state index contributed by atoms with van der Waals surface area (Å²) in [6.07, 6.45) is 4.48. The summed E-state index contributed by atoms with van der Waals surface area (Å²) in [5.41, 5.74) is 0. The fourth-order valence-corrected chi connectivity index (χ4v) is 1.14. The largest absolute Gasteiger partial charge is 0.465 e. The summed E-state index contributed by atoms with van der Waals surface area (Å²) in [5, 5.41) is 6.19. The number of nitrogens with one attached hydrogen (secondary N) is 1. The second kappa shape index (κ2) is 4.48. The minimum absolute atomic E-state index is 0.287. The van der Waals surface area contributed by atoms with Gasteiger partial charge in [-0.1, -0.05) is 5.16 Å². The predicted molar refractivity (Wildman–Crippen MR) is 57.6 cm³/mol. The van der Waals surface area contributed by atoms with Crippen LogP contribution in [0.5, 0.6) is 0 Å². The molecule has 0 aliphatic heterocycles. The van der Waals surface area contributed by atoms with Crippen molar-refractivity contribution in [3.05, 3.63) is 42.1 Å². The molecule has 0 bridgehead atoms. The van der Waals surface area contributed by atoms with Crippen LogP contribution < -0.4 is 5.32 Å². The van der Waals surface area contributed by atoms with Gasteiger partial charge < -0.3 is 14.3 Å². The average Bonchev–Trinajstić information content (AvgIpc) is 2.87. The average molecular weight is 218 g/mol. The third kappa shape index (κ3) is 2.60. The molecule has 0 fully saturated rings. The molecule has 0 unspecified atom stereocenters. The van der Waals surface area contributed by atoms with Gasteiger partial charge in [0.1, 0.15) is 11.5 Å². The number of nitrogens with zero attached hydrogens (tertiary/aromatic N) is 1. The molecule has 1 amide bonds. The molecule has 0 aliphatic carbocycles. The molecule has 5 nitrogen and oxygen atoms in total. The van der Waals surface area contributed by atoms with Gasteiger partial charge in [-0.2, -0.15) is 0 Å². The molecule has 0 spiro atoms. The van der Waals surface area contributed by atoms with Gasteiger partial charge in [0.05, 0.1) is 6.26 Å². The van der Waals surface area contributed by atoms with E-state index in [1.807, 2.05) is 0 Å². The molecule has 0 saturated carbocycles. The number of rotatable bonds is 3. The van der Waals surface area contributed by atoms with Crippen LogP contribution in [0.1, 0.15) is 11.5 Å². The maximum absolute atomic E-state index is 11.4. The van der Waals surface area contributed by atoms with E-state index in [0.29, 0.717) is 17.3 Å². The number of anilines is 1. The highest BCUT2D eigenvalue weighted by Crippen LogP contribution is 2.07. The van der Waals surface area contributed by atoms with Crippen molar-refractivity contribution in [1.29, 1.82) is 0 Å². The van der Waals surface area contributed by atoms with Gasteiger partial charge in [-0.25, -0.2) is 0 Å². The first kappa shape index (κ1) is 10.2. The standard InChI is InChI=1S/C11H10N2O3/c1-8-7-10(13-16-8)12-11(14)5-4-9-3-2-6-15-9/h2-7H,1H3,(H,12,13,14)/b5-4+. The third-order valence-corrected chi connectivity index (χ3v) is 1.82. The van der Waals surface area contributed by atoms with Gasteiger partial charge in [0.25, 0.3) is 0 Å². The smallest absolute Gasteiger partial charge is 0.249 e. The number of aryl methyl sites for hydroxylation is 1. The fraction of sp³-hybridized carbons (Fsp3) is 0.0909. The SMILES string of the molecule is Cc1cc(NC(=O)/C=C/c2ccco2)no1. The molecular weight excluding hydrogens is 208 g/mol. The predicted octanol–water partition coefficient (Wildman–Crippen LogP) is 2.23. The zero-order valence-electron chi connectivity index (χ0n) is 8.64. The second-order valence-corrected chi connectivity index (χ2v) is 3.16. The molecule has 2 aromatic rings. The summed E-state index contributed by atoms with van der Waals surface area (Å²) < 4.78 is 9.85. The fourth-order valence-electron chi connectivity index (χ4n) is 1.14. The first-order chi connectivity index (χ1) is 7.74. The molecule has 0 aromatic carbocycles. The van der Waals surface area contributed by atoms with E-state index in [0.717, 1.165) is 0 Å². The Bertz CT molecular complexity index is 497. The highest BCUT2D eigenvalue weighted by atomic mass is 16.5. The monoisotopic (exact) mass is 218 g/mol. The van der Waals surface area contributed by atoms with Crippen molar-refractivity contribution in [2.24, 2.45) is 0 Å². The Hall–Kier alpha value is -2.30. The normalized spacial score (nSPS) is 10.8. The van der Waals surface area contributed by atoms with E-state index in [9.17, 15) is 4.79 Å². The number of hydrogen-bond donors (Lipinski definition) is 1. The van der Waals surface area contributed by atoms with Gasteiger partial charge in [-0.3, -0.25) is 4.79 Å². The summed E-state index contributed by atoms with van der Waals surface area (Å²) in [4.78, 5) is 11.4. The zero-order chi connectivity index (χ0) is 11.4. The van der Waals surface area contributed by atoms with Crippen LogP contribution in [0, 0.1) is 6.92 Å². The molecule has 0 atom stereocenters. The van der Waals surface area contributed by atoms with E-state index in [4.69, 9.17) is 8.94 Å². The van der Waals surface area contributed by atoms with E-state index < -0.39 is 0 Å². The molecule has 5 heteroatoms. The maximum atomic E-state index is 11.4. The van der Waals surface area contributed by atoms with Gasteiger partial charge >= 0.3 is 0 Å². The van der Waals surface area contributed by atoms with Gasteiger partial charge in [0, 0.05) is 12.1 Å². The maximum Gasteiger partial charge on any atom is 0.249 e. The Morgan fingerprint density at radius 1 is 1.56 bits per heavy atom. The molecule has 0 aliphatic rings. The first-order valence-electron chi connectivity index (χ1n) is 4.70. The van der Waals surface area contributed by atoms with Crippen LogP contribution in [0.15, 0.2) is 39.5 Å². The van der Waals surface area contributed by atoms with E-state index >= 15 is 0 Å². The van der Waals surface area contributed by atoms with Gasteiger partial charge in [-0.05, 0) is 25.1 Å². The Balaban J connectivity index is 1.94. The van der Waals surface area contributed by atoms with E-state index in [2.05, 4.69) is 10.5 Å². The molecule has 2 heterocycles. The Morgan fingerprint density at radius 2 is 2.44 bits per heavy atom. The van der Waals surface area contributed by atoms with Crippen molar-refractivity contribution >= 4 is 17.8 Å². The van der Waals surface area contributed by atoms with Crippen LogP contribution in [0.3, 0.4) is 0 Å². The molecule has 0 saturated heterocycles. The number of amides is 1. The quantitative estimate of drug-likeness (QED) is 0.802. The van der Waals surface area contributed by atoms with Crippen LogP contribution in [0.4, 0.5) is 5.82 Å². The Labute approximate surface area is 91.7 Å². The molecular formula is C11H10N2O3. The minimum atomic E-state index is -0.287. The van der Waals surface area contributed by atoms with Crippen LogP contribution >= 0.6 is 0 Å².